The molecule has 0 saturated carbocycles. The van der Waals surface area contributed by atoms with E-state index in [0.717, 1.165) is 6.20 Å². The van der Waals surface area contributed by atoms with Crippen molar-refractivity contribution in [3.63, 3.8) is 0 Å². The molecule has 1 aromatic carbocycles. The molecule has 1 amide bonds. The zero-order chi connectivity index (χ0) is 14.6. The highest BCUT2D eigenvalue weighted by molar-refractivity contribution is 7.90. The number of hydrogen-bond acceptors (Lipinski definition) is 5. The van der Waals surface area contributed by atoms with Crippen LogP contribution < -0.4 is 9.46 Å². The second-order valence-corrected chi connectivity index (χ2v) is 5.51. The molecule has 2 rings (SSSR count). The molecule has 0 aliphatic carbocycles. The van der Waals surface area contributed by atoms with Crippen LogP contribution in [-0.4, -0.2) is 26.4 Å². The highest BCUT2D eigenvalue weighted by Crippen LogP contribution is 2.17. The summed E-state index contributed by atoms with van der Waals surface area (Å²) in [4.78, 5) is 15.7. The third-order valence-electron chi connectivity index (χ3n) is 2.52. The van der Waals surface area contributed by atoms with Crippen LogP contribution in [-0.2, 0) is 10.0 Å². The lowest BCUT2D eigenvalue weighted by molar-refractivity contribution is 0.0978. The van der Waals surface area contributed by atoms with Crippen molar-refractivity contribution in [3.8, 4) is 5.75 Å². The molecule has 7 heteroatoms. The summed E-state index contributed by atoms with van der Waals surface area (Å²) in [7, 11) is -2.55. The molecule has 0 atom stereocenters. The van der Waals surface area contributed by atoms with E-state index in [0.29, 0.717) is 5.75 Å². The number of pyridine rings is 1. The molecule has 0 saturated heterocycles. The van der Waals surface area contributed by atoms with Gasteiger partial charge >= 0.3 is 0 Å². The number of amides is 1. The van der Waals surface area contributed by atoms with Crippen molar-refractivity contribution < 1.29 is 17.9 Å². The van der Waals surface area contributed by atoms with Gasteiger partial charge in [0.05, 0.1) is 12.7 Å². The molecule has 0 radical (unpaired) electrons. The quantitative estimate of drug-likeness (QED) is 0.915. The van der Waals surface area contributed by atoms with Gasteiger partial charge in [-0.15, -0.1) is 0 Å². The molecule has 0 bridgehead atoms. The Morgan fingerprint density at radius 2 is 1.95 bits per heavy atom. The minimum absolute atomic E-state index is 0.0803. The lowest BCUT2D eigenvalue weighted by Crippen LogP contribution is -2.30. The molecule has 0 unspecified atom stereocenters. The molecule has 0 fully saturated rings. The van der Waals surface area contributed by atoms with Gasteiger partial charge in [0.25, 0.3) is 15.9 Å². The number of methoxy groups -OCH3 is 1. The molecule has 1 N–H and O–H groups in total. The summed E-state index contributed by atoms with van der Waals surface area (Å²) in [5.74, 6) is -0.460. The van der Waals surface area contributed by atoms with Crippen LogP contribution in [0.5, 0.6) is 5.75 Å². The van der Waals surface area contributed by atoms with Crippen molar-refractivity contribution in [2.75, 3.05) is 7.11 Å². The molecule has 0 spiro atoms. The monoisotopic (exact) mass is 292 g/mol. The minimum atomic E-state index is -3.95. The Labute approximate surface area is 116 Å². The summed E-state index contributed by atoms with van der Waals surface area (Å²) in [6, 6.07) is 9.19. The molecule has 0 aliphatic rings. The summed E-state index contributed by atoms with van der Waals surface area (Å²) in [5.41, 5.74) is 0.141. The molecule has 20 heavy (non-hydrogen) atoms. The molecule has 1 heterocycles. The average Bonchev–Trinajstić information content (AvgIpc) is 2.47. The van der Waals surface area contributed by atoms with E-state index >= 15 is 0 Å². The van der Waals surface area contributed by atoms with E-state index in [4.69, 9.17) is 4.74 Å². The number of benzene rings is 1. The van der Waals surface area contributed by atoms with Crippen LogP contribution in [0.2, 0.25) is 0 Å². The lowest BCUT2D eigenvalue weighted by atomic mass is 10.2. The first kappa shape index (κ1) is 14.0. The van der Waals surface area contributed by atoms with Gasteiger partial charge in [0.15, 0.2) is 0 Å². The van der Waals surface area contributed by atoms with Gasteiger partial charge < -0.3 is 4.74 Å². The molecule has 2 aromatic rings. The first-order valence-electron chi connectivity index (χ1n) is 5.65. The largest absolute Gasteiger partial charge is 0.496 e. The van der Waals surface area contributed by atoms with Gasteiger partial charge in [-0.05, 0) is 24.3 Å². The van der Waals surface area contributed by atoms with E-state index in [9.17, 15) is 13.2 Å². The normalized spacial score (nSPS) is 10.8. The summed E-state index contributed by atoms with van der Waals surface area (Å²) in [5, 5.41) is 0. The van der Waals surface area contributed by atoms with Crippen LogP contribution in [0.3, 0.4) is 0 Å². The number of aromatic nitrogens is 1. The zero-order valence-corrected chi connectivity index (χ0v) is 11.4. The third kappa shape index (κ3) is 2.94. The van der Waals surface area contributed by atoms with Crippen LogP contribution in [0, 0.1) is 0 Å². The van der Waals surface area contributed by atoms with E-state index in [-0.39, 0.29) is 10.5 Å². The molecular weight excluding hydrogens is 280 g/mol. The fourth-order valence-electron chi connectivity index (χ4n) is 1.57. The number of carbonyl (C=O) groups excluding carboxylic acids is 1. The highest BCUT2D eigenvalue weighted by atomic mass is 32.2. The lowest BCUT2D eigenvalue weighted by Gasteiger charge is -2.09. The van der Waals surface area contributed by atoms with Crippen molar-refractivity contribution in [1.29, 1.82) is 0 Å². The van der Waals surface area contributed by atoms with Crippen LogP contribution >= 0.6 is 0 Å². The fraction of sp³-hybridized carbons (Fsp3) is 0.0769. The maximum atomic E-state index is 12.0. The molecule has 6 nitrogen and oxygen atoms in total. The van der Waals surface area contributed by atoms with Crippen LogP contribution in [0.25, 0.3) is 0 Å². The Bertz CT molecular complexity index is 714. The van der Waals surface area contributed by atoms with Crippen molar-refractivity contribution in [1.82, 2.24) is 9.71 Å². The summed E-state index contributed by atoms with van der Waals surface area (Å²) < 4.78 is 31.0. The van der Waals surface area contributed by atoms with E-state index in [1.165, 1.54) is 31.5 Å². The van der Waals surface area contributed by atoms with Crippen LogP contribution in [0.15, 0.2) is 53.7 Å². The summed E-state index contributed by atoms with van der Waals surface area (Å²) in [6.45, 7) is 0. The van der Waals surface area contributed by atoms with Crippen molar-refractivity contribution in [3.05, 3.63) is 54.4 Å². The average molecular weight is 292 g/mol. The van der Waals surface area contributed by atoms with Gasteiger partial charge in [0.1, 0.15) is 10.6 Å². The predicted octanol–water partition coefficient (Wildman–Crippen LogP) is 1.21. The van der Waals surface area contributed by atoms with E-state index in [1.54, 1.807) is 18.2 Å². The molecular formula is C13H12N2O4S. The first-order chi connectivity index (χ1) is 9.54. The Morgan fingerprint density at radius 3 is 2.60 bits per heavy atom. The Hall–Kier alpha value is -2.41. The van der Waals surface area contributed by atoms with E-state index < -0.39 is 15.9 Å². The SMILES string of the molecule is COc1ccccc1C(=O)NS(=O)(=O)c1cccnc1. The van der Waals surface area contributed by atoms with Gasteiger partial charge in [-0.3, -0.25) is 9.78 Å². The van der Waals surface area contributed by atoms with Crippen molar-refractivity contribution in [2.24, 2.45) is 0 Å². The van der Waals surface area contributed by atoms with E-state index in [2.05, 4.69) is 4.98 Å². The number of ether oxygens (including phenoxy) is 1. The summed E-state index contributed by atoms with van der Waals surface area (Å²) in [6.07, 6.45) is 2.61. The van der Waals surface area contributed by atoms with Crippen molar-refractivity contribution >= 4 is 15.9 Å². The maximum absolute atomic E-state index is 12.0. The predicted molar refractivity (Wildman–Crippen MR) is 71.9 cm³/mol. The Kier molecular flexibility index (Phi) is 3.99. The standard InChI is InChI=1S/C13H12N2O4S/c1-19-12-7-3-2-6-11(12)13(16)15-20(17,18)10-5-4-8-14-9-10/h2-9H,1H3,(H,15,16). The molecule has 0 aliphatic heterocycles. The second kappa shape index (κ2) is 5.70. The third-order valence-corrected chi connectivity index (χ3v) is 3.84. The number of nitrogens with one attached hydrogen (secondary N) is 1. The van der Waals surface area contributed by atoms with E-state index in [1.807, 2.05) is 4.72 Å². The van der Waals surface area contributed by atoms with Gasteiger partial charge in [-0.25, -0.2) is 13.1 Å². The van der Waals surface area contributed by atoms with Gasteiger partial charge in [-0.1, -0.05) is 12.1 Å². The highest BCUT2D eigenvalue weighted by Gasteiger charge is 2.20. The Morgan fingerprint density at radius 1 is 1.20 bits per heavy atom. The zero-order valence-electron chi connectivity index (χ0n) is 10.6. The maximum Gasteiger partial charge on any atom is 0.268 e. The number of nitrogens with zero attached hydrogens (tertiary/aromatic N) is 1. The number of sulfonamides is 1. The smallest absolute Gasteiger partial charge is 0.268 e. The Balaban J connectivity index is 2.28. The number of hydrogen-bond donors (Lipinski definition) is 1. The van der Waals surface area contributed by atoms with Crippen molar-refractivity contribution in [2.45, 2.75) is 4.90 Å². The number of carbonyl (C=O) groups is 1. The fourth-order valence-corrected chi connectivity index (χ4v) is 2.50. The second-order valence-electron chi connectivity index (χ2n) is 3.82. The number of para-hydroxylation sites is 1. The number of rotatable bonds is 4. The van der Waals surface area contributed by atoms with Gasteiger partial charge in [-0.2, -0.15) is 0 Å². The first-order valence-corrected chi connectivity index (χ1v) is 7.13. The minimum Gasteiger partial charge on any atom is -0.496 e. The van der Waals surface area contributed by atoms with Gasteiger partial charge in [0.2, 0.25) is 0 Å². The summed E-state index contributed by atoms with van der Waals surface area (Å²) >= 11 is 0. The van der Waals surface area contributed by atoms with Crippen LogP contribution in [0.1, 0.15) is 10.4 Å². The topological polar surface area (TPSA) is 85.4 Å². The molecule has 1 aromatic heterocycles. The van der Waals surface area contributed by atoms with Gasteiger partial charge in [0, 0.05) is 12.4 Å². The molecule has 104 valence electrons. The van der Waals surface area contributed by atoms with Crippen LogP contribution in [0.4, 0.5) is 0 Å².